The lowest BCUT2D eigenvalue weighted by atomic mass is 10.2. The molecule has 0 bridgehead atoms. The van der Waals surface area contributed by atoms with Crippen molar-refractivity contribution >= 4 is 11.6 Å². The minimum absolute atomic E-state index is 0.202. The van der Waals surface area contributed by atoms with Crippen molar-refractivity contribution in [1.82, 2.24) is 5.48 Å². The molecule has 0 spiro atoms. The molecule has 0 amide bonds. The van der Waals surface area contributed by atoms with E-state index in [1.54, 1.807) is 12.1 Å². The highest BCUT2D eigenvalue weighted by Gasteiger charge is 2.18. The molecule has 1 aromatic carbocycles. The molecular weight excluding hydrogens is 194 g/mol. The maximum Gasteiger partial charge on any atom is 0.231 e. The number of ether oxygens (including phenoxy) is 2. The van der Waals surface area contributed by atoms with E-state index in [2.05, 4.69) is 0 Å². The molecule has 0 saturated carbocycles. The van der Waals surface area contributed by atoms with Crippen molar-refractivity contribution in [3.8, 4) is 11.5 Å². The lowest BCUT2D eigenvalue weighted by Crippen LogP contribution is -2.06. The SMILES string of the molecule is ONCc1cc(Cl)cc2c1OCO2. The summed E-state index contributed by atoms with van der Waals surface area (Å²) in [4.78, 5) is 0. The lowest BCUT2D eigenvalue weighted by molar-refractivity contribution is 0.155. The fourth-order valence-corrected chi connectivity index (χ4v) is 1.49. The summed E-state index contributed by atoms with van der Waals surface area (Å²) in [6, 6.07) is 3.41. The molecule has 1 aliphatic rings. The number of hydroxylamine groups is 1. The number of rotatable bonds is 2. The molecule has 1 aliphatic heterocycles. The van der Waals surface area contributed by atoms with Gasteiger partial charge in [-0.1, -0.05) is 11.6 Å². The van der Waals surface area contributed by atoms with Crippen LogP contribution in [0.1, 0.15) is 5.56 Å². The second-order valence-electron chi connectivity index (χ2n) is 2.63. The Morgan fingerprint density at radius 2 is 2.31 bits per heavy atom. The molecule has 2 N–H and O–H groups in total. The van der Waals surface area contributed by atoms with Crippen molar-refractivity contribution in [3.05, 3.63) is 22.7 Å². The van der Waals surface area contributed by atoms with Crippen molar-refractivity contribution in [3.63, 3.8) is 0 Å². The summed E-state index contributed by atoms with van der Waals surface area (Å²) in [6.07, 6.45) is 0. The van der Waals surface area contributed by atoms with Crippen LogP contribution in [0.5, 0.6) is 11.5 Å². The van der Waals surface area contributed by atoms with Gasteiger partial charge in [-0.15, -0.1) is 0 Å². The molecule has 5 heteroatoms. The quantitative estimate of drug-likeness (QED) is 0.713. The first-order valence-electron chi connectivity index (χ1n) is 3.76. The van der Waals surface area contributed by atoms with Gasteiger partial charge in [-0.3, -0.25) is 0 Å². The predicted octanol–water partition coefficient (Wildman–Crippen LogP) is 1.55. The summed E-state index contributed by atoms with van der Waals surface area (Å²) in [5.41, 5.74) is 2.83. The molecule has 0 fully saturated rings. The van der Waals surface area contributed by atoms with Gasteiger partial charge in [-0.05, 0) is 6.07 Å². The fraction of sp³-hybridized carbons (Fsp3) is 0.250. The van der Waals surface area contributed by atoms with E-state index < -0.39 is 0 Å². The van der Waals surface area contributed by atoms with Crippen LogP contribution >= 0.6 is 11.6 Å². The largest absolute Gasteiger partial charge is 0.454 e. The lowest BCUT2D eigenvalue weighted by Gasteiger charge is -2.04. The third-order valence-corrected chi connectivity index (χ3v) is 2.00. The summed E-state index contributed by atoms with van der Waals surface area (Å²) in [6.45, 7) is 0.486. The van der Waals surface area contributed by atoms with Crippen LogP contribution in [0.4, 0.5) is 0 Å². The molecule has 4 nitrogen and oxygen atoms in total. The predicted molar refractivity (Wildman–Crippen MR) is 46.2 cm³/mol. The third-order valence-electron chi connectivity index (χ3n) is 1.78. The normalized spacial score (nSPS) is 13.4. The standard InChI is InChI=1S/C8H8ClNO3/c9-6-1-5(3-10-11)8-7(2-6)12-4-13-8/h1-2,10-11H,3-4H2. The van der Waals surface area contributed by atoms with Crippen molar-refractivity contribution < 1.29 is 14.7 Å². The molecule has 0 aromatic heterocycles. The van der Waals surface area contributed by atoms with E-state index in [4.69, 9.17) is 26.3 Å². The van der Waals surface area contributed by atoms with E-state index in [1.807, 2.05) is 5.48 Å². The Balaban J connectivity index is 2.43. The number of hydrogen-bond donors (Lipinski definition) is 2. The number of fused-ring (bicyclic) bond motifs is 1. The maximum absolute atomic E-state index is 8.55. The smallest absolute Gasteiger partial charge is 0.231 e. The van der Waals surface area contributed by atoms with Crippen LogP contribution in [0, 0.1) is 0 Å². The zero-order chi connectivity index (χ0) is 9.26. The summed E-state index contributed by atoms with van der Waals surface area (Å²) >= 11 is 5.82. The van der Waals surface area contributed by atoms with Crippen molar-refractivity contribution in [2.45, 2.75) is 6.54 Å². The molecule has 1 heterocycles. The van der Waals surface area contributed by atoms with Crippen LogP contribution in [-0.4, -0.2) is 12.0 Å². The van der Waals surface area contributed by atoms with Gasteiger partial charge in [0.2, 0.25) is 6.79 Å². The van der Waals surface area contributed by atoms with E-state index in [-0.39, 0.29) is 13.3 Å². The molecule has 2 rings (SSSR count). The molecule has 13 heavy (non-hydrogen) atoms. The van der Waals surface area contributed by atoms with Gasteiger partial charge in [0.25, 0.3) is 0 Å². The molecule has 70 valence electrons. The summed E-state index contributed by atoms with van der Waals surface area (Å²) in [7, 11) is 0. The average Bonchev–Trinajstić information content (AvgIpc) is 2.52. The molecule has 1 aromatic rings. The highest BCUT2D eigenvalue weighted by atomic mass is 35.5. The first kappa shape index (κ1) is 8.62. The second kappa shape index (κ2) is 3.41. The molecule has 0 saturated heterocycles. The van der Waals surface area contributed by atoms with E-state index in [0.29, 0.717) is 16.5 Å². The average molecular weight is 202 g/mol. The monoisotopic (exact) mass is 201 g/mol. The van der Waals surface area contributed by atoms with Gasteiger partial charge < -0.3 is 14.7 Å². The van der Waals surface area contributed by atoms with E-state index in [1.165, 1.54) is 0 Å². The van der Waals surface area contributed by atoms with Crippen molar-refractivity contribution in [2.24, 2.45) is 0 Å². The Kier molecular flexibility index (Phi) is 2.26. The van der Waals surface area contributed by atoms with Gasteiger partial charge in [0.15, 0.2) is 11.5 Å². The van der Waals surface area contributed by atoms with Crippen LogP contribution < -0.4 is 15.0 Å². The summed E-state index contributed by atoms with van der Waals surface area (Å²) in [5, 5.41) is 9.12. The van der Waals surface area contributed by atoms with Gasteiger partial charge >= 0.3 is 0 Å². The highest BCUT2D eigenvalue weighted by molar-refractivity contribution is 6.30. The molecule has 0 aliphatic carbocycles. The summed E-state index contributed by atoms with van der Waals surface area (Å²) < 4.78 is 10.4. The van der Waals surface area contributed by atoms with Crippen LogP contribution in [0.15, 0.2) is 12.1 Å². The van der Waals surface area contributed by atoms with Crippen LogP contribution in [-0.2, 0) is 6.54 Å². The molecule has 0 radical (unpaired) electrons. The Bertz CT molecular complexity index is 329. The van der Waals surface area contributed by atoms with Gasteiger partial charge in [-0.2, -0.15) is 0 Å². The molecular formula is C8H8ClNO3. The number of benzene rings is 1. The second-order valence-corrected chi connectivity index (χ2v) is 3.07. The Labute approximate surface area is 80.0 Å². The van der Waals surface area contributed by atoms with E-state index >= 15 is 0 Å². The number of nitrogens with one attached hydrogen (secondary N) is 1. The van der Waals surface area contributed by atoms with E-state index in [0.717, 1.165) is 5.56 Å². The van der Waals surface area contributed by atoms with Crippen LogP contribution in [0.25, 0.3) is 0 Å². The zero-order valence-electron chi connectivity index (χ0n) is 6.71. The third kappa shape index (κ3) is 1.56. The van der Waals surface area contributed by atoms with Gasteiger partial charge in [0, 0.05) is 23.2 Å². The van der Waals surface area contributed by atoms with Crippen molar-refractivity contribution in [1.29, 1.82) is 0 Å². The number of hydrogen-bond acceptors (Lipinski definition) is 4. The van der Waals surface area contributed by atoms with Crippen LogP contribution in [0.3, 0.4) is 0 Å². The Hall–Kier alpha value is -0.970. The van der Waals surface area contributed by atoms with Crippen LogP contribution in [0.2, 0.25) is 5.02 Å². The van der Waals surface area contributed by atoms with Gasteiger partial charge in [0.1, 0.15) is 0 Å². The van der Waals surface area contributed by atoms with Crippen molar-refractivity contribution in [2.75, 3.05) is 6.79 Å². The maximum atomic E-state index is 8.55. The first-order valence-corrected chi connectivity index (χ1v) is 4.14. The Morgan fingerprint density at radius 3 is 3.08 bits per heavy atom. The first-order chi connectivity index (χ1) is 6.31. The van der Waals surface area contributed by atoms with Gasteiger partial charge in [0.05, 0.1) is 0 Å². The molecule has 0 unspecified atom stereocenters. The fourth-order valence-electron chi connectivity index (χ4n) is 1.26. The highest BCUT2D eigenvalue weighted by Crippen LogP contribution is 2.38. The zero-order valence-corrected chi connectivity index (χ0v) is 7.47. The Morgan fingerprint density at radius 1 is 1.46 bits per heavy atom. The van der Waals surface area contributed by atoms with Gasteiger partial charge in [-0.25, -0.2) is 5.48 Å². The summed E-state index contributed by atoms with van der Waals surface area (Å²) in [5.74, 6) is 1.27. The molecule has 0 atom stereocenters. The minimum atomic E-state index is 0.202. The van der Waals surface area contributed by atoms with E-state index in [9.17, 15) is 0 Å². The minimum Gasteiger partial charge on any atom is -0.454 e. The topological polar surface area (TPSA) is 50.7 Å². The number of halogens is 1.